The topological polar surface area (TPSA) is 112 Å². The Bertz CT molecular complexity index is 1160. The average Bonchev–Trinajstić information content (AvgIpc) is 2.87. The van der Waals surface area contributed by atoms with Crippen molar-refractivity contribution in [1.29, 1.82) is 0 Å². The average molecular weight is 493 g/mol. The Kier molecular flexibility index (Phi) is 8.13. The van der Waals surface area contributed by atoms with E-state index in [1.165, 1.54) is 30.7 Å². The Morgan fingerprint density at radius 2 is 1.47 bits per heavy atom. The monoisotopic (exact) mass is 492 g/mol. The van der Waals surface area contributed by atoms with E-state index in [-0.39, 0.29) is 29.1 Å². The van der Waals surface area contributed by atoms with Gasteiger partial charge in [-0.05, 0) is 35.9 Å². The largest absolute Gasteiger partial charge is 0.493 e. The van der Waals surface area contributed by atoms with Crippen molar-refractivity contribution in [2.75, 3.05) is 54.6 Å². The molecule has 0 atom stereocenters. The summed E-state index contributed by atoms with van der Waals surface area (Å²) in [7, 11) is 1.44. The second-order valence-corrected chi connectivity index (χ2v) is 9.47. The molecule has 1 fully saturated rings. The van der Waals surface area contributed by atoms with E-state index in [2.05, 4.69) is 4.90 Å². The van der Waals surface area contributed by atoms with Crippen LogP contribution in [0.3, 0.4) is 0 Å². The van der Waals surface area contributed by atoms with Gasteiger partial charge in [0.05, 0.1) is 44.5 Å². The van der Waals surface area contributed by atoms with Crippen molar-refractivity contribution in [2.24, 2.45) is 0 Å². The van der Waals surface area contributed by atoms with Gasteiger partial charge >= 0.3 is 11.9 Å². The molecule has 1 aliphatic rings. The second-order valence-electron chi connectivity index (χ2n) is 7.56. The van der Waals surface area contributed by atoms with Gasteiger partial charge in [-0.1, -0.05) is 6.07 Å². The van der Waals surface area contributed by atoms with Crippen molar-refractivity contribution in [1.82, 2.24) is 9.21 Å². The van der Waals surface area contributed by atoms with Gasteiger partial charge in [-0.15, -0.1) is 0 Å². The maximum absolute atomic E-state index is 13.4. The van der Waals surface area contributed by atoms with Gasteiger partial charge in [-0.3, -0.25) is 4.90 Å². The highest BCUT2D eigenvalue weighted by atomic mass is 32.2. The van der Waals surface area contributed by atoms with Crippen molar-refractivity contribution in [2.45, 2.75) is 11.4 Å². The molecule has 0 radical (unpaired) electrons. The number of methoxy groups -OCH3 is 4. The first kappa shape index (κ1) is 25.5. The molecule has 0 spiro atoms. The molecule has 0 amide bonds. The van der Waals surface area contributed by atoms with Gasteiger partial charge < -0.3 is 18.9 Å². The number of sulfonamides is 1. The Balaban J connectivity index is 1.78. The standard InChI is InChI=1S/C23H28N2O8S/c1-30-19-8-5-16(13-20(19)31-2)15-24-9-11-25(12-10-24)34(28,29)21-14-17(22(26)32-3)6-7-18(21)23(27)33-4/h5-8,13-14H,9-12,15H2,1-4H3. The number of rotatable bonds is 8. The molecule has 34 heavy (non-hydrogen) atoms. The highest BCUT2D eigenvalue weighted by Gasteiger charge is 2.33. The van der Waals surface area contributed by atoms with Crippen molar-refractivity contribution >= 4 is 22.0 Å². The SMILES string of the molecule is COC(=O)c1ccc(C(=O)OC)c(S(=O)(=O)N2CCN(Cc3ccc(OC)c(OC)c3)CC2)c1. The van der Waals surface area contributed by atoms with Crippen molar-refractivity contribution in [3.05, 3.63) is 53.1 Å². The summed E-state index contributed by atoms with van der Waals surface area (Å²) in [5.41, 5.74) is 0.899. The zero-order chi connectivity index (χ0) is 24.9. The molecule has 0 unspecified atom stereocenters. The number of ether oxygens (including phenoxy) is 4. The van der Waals surface area contributed by atoms with Crippen LogP contribution in [0.1, 0.15) is 26.3 Å². The molecule has 0 aliphatic carbocycles. The number of carbonyl (C=O) groups excluding carboxylic acids is 2. The van der Waals surface area contributed by atoms with Gasteiger partial charge in [0.15, 0.2) is 11.5 Å². The number of piperazine rings is 1. The predicted octanol–water partition coefficient (Wildman–Crippen LogP) is 1.78. The lowest BCUT2D eigenvalue weighted by atomic mass is 10.1. The molecule has 3 rings (SSSR count). The fourth-order valence-electron chi connectivity index (χ4n) is 3.76. The first-order valence-electron chi connectivity index (χ1n) is 10.5. The van der Waals surface area contributed by atoms with Crippen LogP contribution in [0.4, 0.5) is 0 Å². The molecule has 10 nitrogen and oxygen atoms in total. The highest BCUT2D eigenvalue weighted by Crippen LogP contribution is 2.29. The van der Waals surface area contributed by atoms with Crippen LogP contribution < -0.4 is 9.47 Å². The quantitative estimate of drug-likeness (QED) is 0.509. The van der Waals surface area contributed by atoms with Crippen LogP contribution >= 0.6 is 0 Å². The van der Waals surface area contributed by atoms with E-state index in [0.29, 0.717) is 31.1 Å². The lowest BCUT2D eigenvalue weighted by Gasteiger charge is -2.34. The summed E-state index contributed by atoms with van der Waals surface area (Å²) in [5, 5.41) is 0. The fraction of sp³-hybridized carbons (Fsp3) is 0.391. The zero-order valence-electron chi connectivity index (χ0n) is 19.6. The number of esters is 2. The summed E-state index contributed by atoms with van der Waals surface area (Å²) in [6.07, 6.45) is 0. The minimum Gasteiger partial charge on any atom is -0.493 e. The predicted molar refractivity (Wildman–Crippen MR) is 123 cm³/mol. The van der Waals surface area contributed by atoms with Crippen LogP contribution in [-0.4, -0.2) is 84.2 Å². The summed E-state index contributed by atoms with van der Waals surface area (Å²) in [6, 6.07) is 9.41. The third kappa shape index (κ3) is 5.32. The lowest BCUT2D eigenvalue weighted by Crippen LogP contribution is -2.48. The first-order chi connectivity index (χ1) is 16.2. The minimum absolute atomic E-state index is 0.0285. The van der Waals surface area contributed by atoms with E-state index < -0.39 is 22.0 Å². The summed E-state index contributed by atoms with van der Waals surface area (Å²) in [5.74, 6) is -0.241. The van der Waals surface area contributed by atoms with E-state index in [1.807, 2.05) is 18.2 Å². The van der Waals surface area contributed by atoms with Gasteiger partial charge in [-0.25, -0.2) is 18.0 Å². The maximum atomic E-state index is 13.4. The number of nitrogens with zero attached hydrogens (tertiary/aromatic N) is 2. The molecule has 2 aromatic rings. The fourth-order valence-corrected chi connectivity index (χ4v) is 5.39. The lowest BCUT2D eigenvalue weighted by molar-refractivity contribution is 0.0583. The highest BCUT2D eigenvalue weighted by molar-refractivity contribution is 7.89. The molecule has 0 N–H and O–H groups in total. The Labute approximate surface area is 199 Å². The summed E-state index contributed by atoms with van der Waals surface area (Å²) >= 11 is 0. The zero-order valence-corrected chi connectivity index (χ0v) is 20.4. The summed E-state index contributed by atoms with van der Waals surface area (Å²) in [6.45, 7) is 2.02. The van der Waals surface area contributed by atoms with Crippen LogP contribution in [0.15, 0.2) is 41.3 Å². The molecule has 1 heterocycles. The molecular weight excluding hydrogens is 464 g/mol. The molecule has 0 saturated carbocycles. The third-order valence-electron chi connectivity index (χ3n) is 5.61. The third-order valence-corrected chi connectivity index (χ3v) is 7.55. The van der Waals surface area contributed by atoms with Gasteiger partial charge in [0.2, 0.25) is 10.0 Å². The van der Waals surface area contributed by atoms with E-state index in [0.717, 1.165) is 11.6 Å². The molecule has 1 aliphatic heterocycles. The summed E-state index contributed by atoms with van der Waals surface area (Å²) < 4.78 is 48.2. The molecule has 0 bridgehead atoms. The smallest absolute Gasteiger partial charge is 0.339 e. The van der Waals surface area contributed by atoms with Crippen molar-refractivity contribution < 1.29 is 37.0 Å². The van der Waals surface area contributed by atoms with E-state index >= 15 is 0 Å². The number of benzene rings is 2. The molecule has 11 heteroatoms. The minimum atomic E-state index is -4.07. The van der Waals surface area contributed by atoms with Crippen LogP contribution in [0.25, 0.3) is 0 Å². The molecule has 184 valence electrons. The number of hydrogen-bond donors (Lipinski definition) is 0. The molecule has 1 saturated heterocycles. The van der Waals surface area contributed by atoms with E-state index in [9.17, 15) is 18.0 Å². The van der Waals surface area contributed by atoms with Crippen molar-refractivity contribution in [3.63, 3.8) is 0 Å². The number of hydrogen-bond acceptors (Lipinski definition) is 9. The Morgan fingerprint density at radius 1 is 0.824 bits per heavy atom. The van der Waals surface area contributed by atoms with Gasteiger partial charge in [0.1, 0.15) is 0 Å². The summed E-state index contributed by atoms with van der Waals surface area (Å²) in [4.78, 5) is 26.0. The number of carbonyl (C=O) groups is 2. The van der Waals surface area contributed by atoms with E-state index in [4.69, 9.17) is 18.9 Å². The van der Waals surface area contributed by atoms with Crippen molar-refractivity contribution in [3.8, 4) is 11.5 Å². The normalized spacial score (nSPS) is 14.9. The second kappa shape index (κ2) is 10.9. The van der Waals surface area contributed by atoms with Crippen LogP contribution in [-0.2, 0) is 26.0 Å². The van der Waals surface area contributed by atoms with Crippen LogP contribution in [0.2, 0.25) is 0 Å². The van der Waals surface area contributed by atoms with Crippen LogP contribution in [0.5, 0.6) is 11.5 Å². The van der Waals surface area contributed by atoms with Gasteiger partial charge in [0, 0.05) is 32.7 Å². The van der Waals surface area contributed by atoms with Gasteiger partial charge in [0.25, 0.3) is 0 Å². The molecular formula is C23H28N2O8S. The molecule has 2 aromatic carbocycles. The van der Waals surface area contributed by atoms with Crippen LogP contribution in [0, 0.1) is 0 Å². The Hall–Kier alpha value is -3.15. The van der Waals surface area contributed by atoms with E-state index in [1.54, 1.807) is 14.2 Å². The van der Waals surface area contributed by atoms with Gasteiger partial charge in [-0.2, -0.15) is 4.31 Å². The first-order valence-corrected chi connectivity index (χ1v) is 11.9. The molecule has 0 aromatic heterocycles. The Morgan fingerprint density at radius 3 is 2.06 bits per heavy atom. The maximum Gasteiger partial charge on any atom is 0.339 e.